The van der Waals surface area contributed by atoms with E-state index in [2.05, 4.69) is 20.4 Å². The highest BCUT2D eigenvalue weighted by Crippen LogP contribution is 2.32. The van der Waals surface area contributed by atoms with Crippen LogP contribution in [0.5, 0.6) is 0 Å². The molecule has 2 fully saturated rings. The van der Waals surface area contributed by atoms with Crippen LogP contribution in [0.15, 0.2) is 28.9 Å². The van der Waals surface area contributed by atoms with Crippen LogP contribution in [0.3, 0.4) is 0 Å². The lowest BCUT2D eigenvalue weighted by Crippen LogP contribution is -2.32. The van der Waals surface area contributed by atoms with Crippen molar-refractivity contribution in [3.63, 3.8) is 0 Å². The molecule has 0 bridgehead atoms. The van der Waals surface area contributed by atoms with E-state index < -0.39 is 0 Å². The van der Waals surface area contributed by atoms with Gasteiger partial charge in [0, 0.05) is 25.1 Å². The third-order valence-electron chi connectivity index (χ3n) is 5.27. The molecule has 1 saturated carbocycles. The van der Waals surface area contributed by atoms with Crippen molar-refractivity contribution in [2.24, 2.45) is 5.92 Å². The van der Waals surface area contributed by atoms with Crippen LogP contribution >= 0.6 is 0 Å². The van der Waals surface area contributed by atoms with E-state index in [-0.39, 0.29) is 30.7 Å². The van der Waals surface area contributed by atoms with Gasteiger partial charge in [-0.15, -0.1) is 0 Å². The van der Waals surface area contributed by atoms with Crippen molar-refractivity contribution in [3.05, 3.63) is 41.8 Å². The first-order valence-electron chi connectivity index (χ1n) is 9.47. The van der Waals surface area contributed by atoms with Crippen molar-refractivity contribution < 1.29 is 14.1 Å². The number of hydrogen-bond acceptors (Lipinski definition) is 6. The minimum absolute atomic E-state index is 0.0242. The second-order valence-electron chi connectivity index (χ2n) is 7.24. The molecule has 1 saturated heterocycles. The van der Waals surface area contributed by atoms with Gasteiger partial charge in [0.25, 0.3) is 0 Å². The molecule has 8 nitrogen and oxygen atoms in total. The molecule has 1 aliphatic heterocycles. The maximum absolute atomic E-state index is 12.4. The Morgan fingerprint density at radius 2 is 2.15 bits per heavy atom. The third-order valence-corrected chi connectivity index (χ3v) is 5.27. The Hall–Kier alpha value is -2.77. The number of likely N-dealkylation sites (tertiary alicyclic amines) is 1. The van der Waals surface area contributed by atoms with Crippen LogP contribution in [0.1, 0.15) is 55.4 Å². The molecule has 0 spiro atoms. The van der Waals surface area contributed by atoms with E-state index in [0.29, 0.717) is 30.7 Å². The lowest BCUT2D eigenvalue weighted by atomic mass is 10.1. The van der Waals surface area contributed by atoms with Crippen LogP contribution in [0, 0.1) is 5.92 Å². The number of nitrogens with zero attached hydrogens (tertiary/aromatic N) is 4. The molecule has 2 aromatic rings. The summed E-state index contributed by atoms with van der Waals surface area (Å²) in [5.41, 5.74) is 0.818. The molecule has 27 heavy (non-hydrogen) atoms. The summed E-state index contributed by atoms with van der Waals surface area (Å²) in [7, 11) is 0. The van der Waals surface area contributed by atoms with Gasteiger partial charge >= 0.3 is 0 Å². The molecule has 1 unspecified atom stereocenters. The second kappa shape index (κ2) is 7.85. The maximum Gasteiger partial charge on any atom is 0.229 e. The molecule has 2 amide bonds. The molecule has 2 aliphatic rings. The molecule has 4 rings (SSSR count). The summed E-state index contributed by atoms with van der Waals surface area (Å²) in [4.78, 5) is 34.9. The van der Waals surface area contributed by atoms with Crippen LogP contribution in [0.2, 0.25) is 0 Å². The normalized spacial score (nSPS) is 20.4. The highest BCUT2D eigenvalue weighted by Gasteiger charge is 2.34. The zero-order valence-electron chi connectivity index (χ0n) is 15.1. The quantitative estimate of drug-likeness (QED) is 0.833. The maximum atomic E-state index is 12.4. The topological polar surface area (TPSA) is 101 Å². The average Bonchev–Trinajstić information content (AvgIpc) is 3.42. The van der Waals surface area contributed by atoms with Crippen molar-refractivity contribution >= 4 is 11.8 Å². The molecule has 2 aromatic heterocycles. The summed E-state index contributed by atoms with van der Waals surface area (Å²) in [6, 6.07) is 5.60. The molecular formula is C19H23N5O3. The van der Waals surface area contributed by atoms with Gasteiger partial charge in [-0.05, 0) is 25.0 Å². The number of rotatable bonds is 6. The Bertz CT molecular complexity index is 801. The second-order valence-corrected chi connectivity index (χ2v) is 7.24. The van der Waals surface area contributed by atoms with E-state index in [1.54, 1.807) is 11.1 Å². The first kappa shape index (κ1) is 17.6. The monoisotopic (exact) mass is 369 g/mol. The molecule has 1 atom stereocenters. The first-order valence-corrected chi connectivity index (χ1v) is 9.47. The van der Waals surface area contributed by atoms with Gasteiger partial charge in [0.05, 0.1) is 24.7 Å². The summed E-state index contributed by atoms with van der Waals surface area (Å²) < 4.78 is 5.33. The summed E-state index contributed by atoms with van der Waals surface area (Å²) in [6.45, 7) is 1.06. The van der Waals surface area contributed by atoms with Crippen molar-refractivity contribution in [3.8, 4) is 0 Å². The van der Waals surface area contributed by atoms with E-state index in [0.717, 1.165) is 18.5 Å². The largest absolute Gasteiger partial charge is 0.348 e. The van der Waals surface area contributed by atoms with Gasteiger partial charge in [0.2, 0.25) is 17.7 Å². The van der Waals surface area contributed by atoms with Crippen LogP contribution in [0.4, 0.5) is 0 Å². The molecule has 1 N–H and O–H groups in total. The molecular weight excluding hydrogens is 346 g/mol. The Kier molecular flexibility index (Phi) is 5.13. The fourth-order valence-electron chi connectivity index (χ4n) is 3.78. The molecule has 1 aliphatic carbocycles. The van der Waals surface area contributed by atoms with Crippen LogP contribution in [-0.4, -0.2) is 38.4 Å². The first-order chi connectivity index (χ1) is 13.2. The van der Waals surface area contributed by atoms with Crippen molar-refractivity contribution in [1.82, 2.24) is 25.3 Å². The van der Waals surface area contributed by atoms with Gasteiger partial charge in [0.15, 0.2) is 5.82 Å². The fraction of sp³-hybridized carbons (Fsp3) is 0.526. The van der Waals surface area contributed by atoms with Gasteiger partial charge in [-0.3, -0.25) is 14.6 Å². The predicted octanol–water partition coefficient (Wildman–Crippen LogP) is 1.79. The SMILES string of the molecule is O=C(NCc1noc(C2CCCC2)n1)C1CC(=O)N(Cc2ccccn2)C1. The number of carbonyl (C=O) groups is 2. The number of pyridine rings is 1. The highest BCUT2D eigenvalue weighted by atomic mass is 16.5. The van der Waals surface area contributed by atoms with Gasteiger partial charge in [-0.25, -0.2) is 0 Å². The Morgan fingerprint density at radius 1 is 1.30 bits per heavy atom. The van der Waals surface area contributed by atoms with E-state index in [9.17, 15) is 9.59 Å². The summed E-state index contributed by atoms with van der Waals surface area (Å²) in [5.74, 6) is 0.981. The molecule has 0 aromatic carbocycles. The third kappa shape index (κ3) is 4.15. The Labute approximate surface area is 157 Å². The lowest BCUT2D eigenvalue weighted by molar-refractivity contribution is -0.129. The van der Waals surface area contributed by atoms with Gasteiger partial charge in [0.1, 0.15) is 0 Å². The molecule has 8 heteroatoms. The Balaban J connectivity index is 1.28. The summed E-state index contributed by atoms with van der Waals surface area (Å²) in [5, 5.41) is 6.79. The minimum atomic E-state index is -0.359. The standard InChI is InChI=1S/C19H23N5O3/c25-17-9-14(11-24(17)12-15-7-3-4-8-20-15)18(26)21-10-16-22-19(27-23-16)13-5-1-2-6-13/h3-4,7-8,13-14H,1-2,5-6,9-12H2,(H,21,26). The van der Waals surface area contributed by atoms with Crippen LogP contribution < -0.4 is 5.32 Å². The van der Waals surface area contributed by atoms with E-state index in [1.165, 1.54) is 12.8 Å². The zero-order valence-corrected chi connectivity index (χ0v) is 15.1. The number of aromatic nitrogens is 3. The number of nitrogens with one attached hydrogen (secondary N) is 1. The zero-order chi connectivity index (χ0) is 18.6. The van der Waals surface area contributed by atoms with Crippen molar-refractivity contribution in [1.29, 1.82) is 0 Å². The Morgan fingerprint density at radius 3 is 2.93 bits per heavy atom. The minimum Gasteiger partial charge on any atom is -0.348 e. The van der Waals surface area contributed by atoms with E-state index in [1.807, 2.05) is 18.2 Å². The van der Waals surface area contributed by atoms with Crippen molar-refractivity contribution in [2.75, 3.05) is 6.54 Å². The number of amides is 2. The van der Waals surface area contributed by atoms with E-state index >= 15 is 0 Å². The summed E-state index contributed by atoms with van der Waals surface area (Å²) in [6.07, 6.45) is 6.49. The van der Waals surface area contributed by atoms with Gasteiger partial charge in [-0.1, -0.05) is 24.1 Å². The lowest BCUT2D eigenvalue weighted by Gasteiger charge is -2.15. The van der Waals surface area contributed by atoms with Gasteiger partial charge < -0.3 is 14.7 Å². The average molecular weight is 369 g/mol. The highest BCUT2D eigenvalue weighted by molar-refractivity contribution is 5.89. The summed E-state index contributed by atoms with van der Waals surface area (Å²) >= 11 is 0. The smallest absolute Gasteiger partial charge is 0.229 e. The fourth-order valence-corrected chi connectivity index (χ4v) is 3.78. The molecule has 3 heterocycles. The molecule has 0 radical (unpaired) electrons. The van der Waals surface area contributed by atoms with E-state index in [4.69, 9.17) is 4.52 Å². The number of carbonyl (C=O) groups excluding carboxylic acids is 2. The predicted molar refractivity (Wildman–Crippen MR) is 95.1 cm³/mol. The van der Waals surface area contributed by atoms with Crippen LogP contribution in [0.25, 0.3) is 0 Å². The molecule has 142 valence electrons. The van der Waals surface area contributed by atoms with Gasteiger partial charge in [-0.2, -0.15) is 4.98 Å². The van der Waals surface area contributed by atoms with Crippen LogP contribution in [-0.2, 0) is 22.7 Å². The van der Waals surface area contributed by atoms with Crippen molar-refractivity contribution in [2.45, 2.75) is 51.1 Å². The number of hydrogen-bond donors (Lipinski definition) is 1.